The van der Waals surface area contributed by atoms with Gasteiger partial charge in [-0.3, -0.25) is 0 Å². The number of aliphatic hydroxyl groups is 1. The Kier molecular flexibility index (Phi) is 4.16. The number of anilines is 1. The number of aromatic nitrogens is 2. The van der Waals surface area contributed by atoms with E-state index in [4.69, 9.17) is 4.98 Å². The summed E-state index contributed by atoms with van der Waals surface area (Å²) in [4.78, 5) is 11.5. The Labute approximate surface area is 127 Å². The number of piperidine rings is 1. The molecule has 0 radical (unpaired) electrons. The molecule has 21 heavy (non-hydrogen) atoms. The average molecular weight is 289 g/mol. The van der Waals surface area contributed by atoms with Crippen LogP contribution < -0.4 is 4.90 Å². The number of aryl methyl sites for hydroxylation is 2. The second-order valence-corrected chi connectivity index (χ2v) is 6.81. The van der Waals surface area contributed by atoms with Gasteiger partial charge in [-0.1, -0.05) is 19.8 Å². The fraction of sp³-hybridized carbons (Fsp3) is 0.765. The highest BCUT2D eigenvalue weighted by molar-refractivity contribution is 5.47. The Balaban J connectivity index is 1.88. The van der Waals surface area contributed by atoms with E-state index in [2.05, 4.69) is 16.8 Å². The molecule has 1 aromatic rings. The fourth-order valence-electron chi connectivity index (χ4n) is 4.14. The van der Waals surface area contributed by atoms with E-state index < -0.39 is 0 Å². The molecule has 2 heterocycles. The summed E-state index contributed by atoms with van der Waals surface area (Å²) in [5.74, 6) is 1.96. The van der Waals surface area contributed by atoms with Crippen molar-refractivity contribution >= 4 is 5.82 Å². The fourth-order valence-corrected chi connectivity index (χ4v) is 4.14. The summed E-state index contributed by atoms with van der Waals surface area (Å²) >= 11 is 0. The minimum Gasteiger partial charge on any atom is -0.392 e. The third-order valence-electron chi connectivity index (χ3n) is 5.25. The SMILES string of the molecule is CCCc1cnc(C)nc1N1CCC[C@@]2(CCC[C@H]2O)C1. The number of hydrogen-bond donors (Lipinski definition) is 1. The Morgan fingerprint density at radius 2 is 2.19 bits per heavy atom. The Hall–Kier alpha value is -1.16. The van der Waals surface area contributed by atoms with Gasteiger partial charge in [-0.2, -0.15) is 0 Å². The van der Waals surface area contributed by atoms with Crippen molar-refractivity contribution in [2.75, 3.05) is 18.0 Å². The molecule has 2 fully saturated rings. The molecule has 4 heteroatoms. The van der Waals surface area contributed by atoms with Gasteiger partial charge in [0.15, 0.2) is 0 Å². The highest BCUT2D eigenvalue weighted by atomic mass is 16.3. The zero-order chi connectivity index (χ0) is 14.9. The van der Waals surface area contributed by atoms with Crippen molar-refractivity contribution in [1.82, 2.24) is 9.97 Å². The molecule has 1 aromatic heterocycles. The summed E-state index contributed by atoms with van der Waals surface area (Å²) in [6, 6.07) is 0. The van der Waals surface area contributed by atoms with Crippen molar-refractivity contribution in [2.45, 2.75) is 64.9 Å². The van der Waals surface area contributed by atoms with Crippen molar-refractivity contribution in [1.29, 1.82) is 0 Å². The first-order valence-corrected chi connectivity index (χ1v) is 8.40. The van der Waals surface area contributed by atoms with Crippen molar-refractivity contribution in [3.8, 4) is 0 Å². The molecule has 0 unspecified atom stereocenters. The molecule has 2 atom stereocenters. The maximum atomic E-state index is 10.4. The predicted molar refractivity (Wildman–Crippen MR) is 84.5 cm³/mol. The third-order valence-corrected chi connectivity index (χ3v) is 5.25. The molecule has 1 spiro atoms. The summed E-state index contributed by atoms with van der Waals surface area (Å²) in [7, 11) is 0. The van der Waals surface area contributed by atoms with Gasteiger partial charge in [0.2, 0.25) is 0 Å². The minimum atomic E-state index is -0.127. The molecule has 2 aliphatic rings. The summed E-state index contributed by atoms with van der Waals surface area (Å²) in [6.07, 6.45) is 9.63. The van der Waals surface area contributed by atoms with Gasteiger partial charge in [-0.25, -0.2) is 9.97 Å². The monoisotopic (exact) mass is 289 g/mol. The summed E-state index contributed by atoms with van der Waals surface area (Å²) < 4.78 is 0. The second-order valence-electron chi connectivity index (χ2n) is 6.81. The van der Waals surface area contributed by atoms with Crippen molar-refractivity contribution in [2.24, 2.45) is 5.41 Å². The summed E-state index contributed by atoms with van der Waals surface area (Å²) in [6.45, 7) is 6.17. The van der Waals surface area contributed by atoms with Gasteiger partial charge in [0, 0.05) is 30.3 Å². The van der Waals surface area contributed by atoms with Crippen LogP contribution in [0.3, 0.4) is 0 Å². The van der Waals surface area contributed by atoms with Gasteiger partial charge < -0.3 is 10.0 Å². The first-order valence-electron chi connectivity index (χ1n) is 8.40. The quantitative estimate of drug-likeness (QED) is 0.929. The molecule has 116 valence electrons. The molecule has 1 aliphatic heterocycles. The molecule has 1 aliphatic carbocycles. The van der Waals surface area contributed by atoms with Gasteiger partial charge in [-0.05, 0) is 39.0 Å². The molecular formula is C17H27N3O. The van der Waals surface area contributed by atoms with E-state index in [1.54, 1.807) is 0 Å². The predicted octanol–water partition coefficient (Wildman–Crippen LogP) is 2.87. The average Bonchev–Trinajstić information content (AvgIpc) is 2.82. The first kappa shape index (κ1) is 14.8. The summed E-state index contributed by atoms with van der Waals surface area (Å²) in [5.41, 5.74) is 1.37. The zero-order valence-corrected chi connectivity index (χ0v) is 13.3. The van der Waals surface area contributed by atoms with Crippen LogP contribution in [0.2, 0.25) is 0 Å². The van der Waals surface area contributed by atoms with Crippen LogP contribution in [0.4, 0.5) is 5.82 Å². The molecule has 4 nitrogen and oxygen atoms in total. The lowest BCUT2D eigenvalue weighted by atomic mass is 9.76. The van der Waals surface area contributed by atoms with Crippen LogP contribution in [-0.4, -0.2) is 34.3 Å². The van der Waals surface area contributed by atoms with Crippen molar-refractivity contribution < 1.29 is 5.11 Å². The normalized spacial score (nSPS) is 29.3. The number of hydrogen-bond acceptors (Lipinski definition) is 4. The molecule has 1 saturated heterocycles. The molecule has 0 bridgehead atoms. The highest BCUT2D eigenvalue weighted by Gasteiger charge is 2.45. The topological polar surface area (TPSA) is 49.2 Å². The summed E-state index contributed by atoms with van der Waals surface area (Å²) in [5, 5.41) is 10.4. The second kappa shape index (κ2) is 5.91. The standard InChI is InChI=1S/C17H27N3O/c1-3-6-14-11-18-13(2)19-16(14)20-10-5-9-17(12-20)8-4-7-15(17)21/h11,15,21H,3-10,12H2,1-2H3/t15-,17+/m1/s1. The molecule has 1 N–H and O–H groups in total. The molecule has 0 amide bonds. The van der Waals surface area contributed by atoms with Crippen LogP contribution in [0.1, 0.15) is 56.8 Å². The van der Waals surface area contributed by atoms with E-state index in [1.165, 1.54) is 12.0 Å². The van der Waals surface area contributed by atoms with Gasteiger partial charge >= 0.3 is 0 Å². The van der Waals surface area contributed by atoms with Crippen LogP contribution in [0, 0.1) is 12.3 Å². The van der Waals surface area contributed by atoms with Crippen molar-refractivity contribution in [3.63, 3.8) is 0 Å². The molecular weight excluding hydrogens is 262 g/mol. The van der Waals surface area contributed by atoms with Gasteiger partial charge in [0.05, 0.1) is 6.10 Å². The number of nitrogens with zero attached hydrogens (tertiary/aromatic N) is 3. The smallest absolute Gasteiger partial charge is 0.135 e. The molecule has 0 aromatic carbocycles. The Morgan fingerprint density at radius 1 is 1.38 bits per heavy atom. The van der Waals surface area contributed by atoms with Crippen LogP contribution in [0.25, 0.3) is 0 Å². The third kappa shape index (κ3) is 2.78. The first-order chi connectivity index (χ1) is 10.1. The Morgan fingerprint density at radius 3 is 2.90 bits per heavy atom. The molecule has 1 saturated carbocycles. The van der Waals surface area contributed by atoms with Crippen molar-refractivity contribution in [3.05, 3.63) is 17.6 Å². The number of rotatable bonds is 3. The van der Waals surface area contributed by atoms with E-state index in [1.807, 2.05) is 13.1 Å². The zero-order valence-electron chi connectivity index (χ0n) is 13.3. The largest absolute Gasteiger partial charge is 0.392 e. The van der Waals surface area contributed by atoms with Gasteiger partial charge in [-0.15, -0.1) is 0 Å². The minimum absolute atomic E-state index is 0.112. The number of aliphatic hydroxyl groups excluding tert-OH is 1. The lowest BCUT2D eigenvalue weighted by molar-refractivity contribution is 0.0407. The maximum Gasteiger partial charge on any atom is 0.135 e. The lowest BCUT2D eigenvalue weighted by Gasteiger charge is -2.43. The van der Waals surface area contributed by atoms with Crippen LogP contribution in [0.15, 0.2) is 6.20 Å². The van der Waals surface area contributed by atoms with Crippen LogP contribution in [-0.2, 0) is 6.42 Å². The van der Waals surface area contributed by atoms with E-state index in [0.29, 0.717) is 0 Å². The van der Waals surface area contributed by atoms with Crippen LogP contribution >= 0.6 is 0 Å². The van der Waals surface area contributed by atoms with Crippen LogP contribution in [0.5, 0.6) is 0 Å². The van der Waals surface area contributed by atoms with E-state index in [-0.39, 0.29) is 11.5 Å². The van der Waals surface area contributed by atoms with E-state index in [0.717, 1.165) is 63.3 Å². The highest BCUT2D eigenvalue weighted by Crippen LogP contribution is 2.45. The maximum absolute atomic E-state index is 10.4. The van der Waals surface area contributed by atoms with E-state index >= 15 is 0 Å². The van der Waals surface area contributed by atoms with Gasteiger partial charge in [0.1, 0.15) is 11.6 Å². The van der Waals surface area contributed by atoms with E-state index in [9.17, 15) is 5.11 Å². The Bertz CT molecular complexity index is 505. The molecule has 3 rings (SSSR count). The van der Waals surface area contributed by atoms with Gasteiger partial charge in [0.25, 0.3) is 0 Å². The lowest BCUT2D eigenvalue weighted by Crippen LogP contribution is -2.48.